The summed E-state index contributed by atoms with van der Waals surface area (Å²) in [6.07, 6.45) is 3.51. The second-order valence-electron chi connectivity index (χ2n) is 7.00. The van der Waals surface area contributed by atoms with Crippen molar-refractivity contribution >= 4 is 5.78 Å². The average Bonchev–Trinajstić information content (AvgIpc) is 2.42. The molecule has 1 aliphatic rings. The van der Waals surface area contributed by atoms with Crippen LogP contribution in [0.4, 0.5) is 0 Å². The first kappa shape index (κ1) is 16.0. The largest absolute Gasteiger partial charge is 0.497 e. The van der Waals surface area contributed by atoms with Crippen LogP contribution >= 0.6 is 0 Å². The maximum absolute atomic E-state index is 12.2. The molecule has 0 bridgehead atoms. The highest BCUT2D eigenvalue weighted by Crippen LogP contribution is 2.39. The summed E-state index contributed by atoms with van der Waals surface area (Å²) in [4.78, 5) is 12.2. The highest BCUT2D eigenvalue weighted by atomic mass is 16.5. The van der Waals surface area contributed by atoms with E-state index in [0.29, 0.717) is 22.6 Å². The normalized spacial score (nSPS) is 24.6. The smallest absolute Gasteiger partial charge is 0.188 e. The third kappa shape index (κ3) is 4.57. The minimum Gasteiger partial charge on any atom is -0.497 e. The van der Waals surface area contributed by atoms with Gasteiger partial charge in [-0.2, -0.15) is 0 Å². The quantitative estimate of drug-likeness (QED) is 0.766. The molecule has 1 saturated carbocycles. The Bertz CT molecular complexity index is 493. The van der Waals surface area contributed by atoms with Gasteiger partial charge in [-0.3, -0.25) is 4.79 Å². The van der Waals surface area contributed by atoms with Gasteiger partial charge in [-0.15, -0.1) is 0 Å². The fraction of sp³-hybridized carbons (Fsp3) is 0.611. The third-order valence-corrected chi connectivity index (χ3v) is 4.19. The summed E-state index contributed by atoms with van der Waals surface area (Å²) < 4.78 is 11.0. The van der Waals surface area contributed by atoms with E-state index in [1.807, 2.05) is 18.2 Å². The molecule has 0 spiro atoms. The van der Waals surface area contributed by atoms with Gasteiger partial charge in [0.25, 0.3) is 0 Å². The number of benzene rings is 1. The summed E-state index contributed by atoms with van der Waals surface area (Å²) >= 11 is 0. The Morgan fingerprint density at radius 1 is 1.33 bits per heavy atom. The molecule has 0 N–H and O–H groups in total. The number of rotatable bonds is 5. The van der Waals surface area contributed by atoms with Gasteiger partial charge in [0, 0.05) is 5.56 Å². The second kappa shape index (κ2) is 6.61. The monoisotopic (exact) mass is 290 g/mol. The van der Waals surface area contributed by atoms with Gasteiger partial charge in [0.2, 0.25) is 0 Å². The van der Waals surface area contributed by atoms with Crippen molar-refractivity contribution in [2.75, 3.05) is 13.7 Å². The number of ether oxygens (including phenoxy) is 2. The molecule has 0 amide bonds. The maximum Gasteiger partial charge on any atom is 0.188 e. The van der Waals surface area contributed by atoms with Crippen LogP contribution in [0.2, 0.25) is 0 Å². The summed E-state index contributed by atoms with van der Waals surface area (Å²) in [5.41, 5.74) is 0.957. The highest BCUT2D eigenvalue weighted by molar-refractivity contribution is 5.97. The van der Waals surface area contributed by atoms with Crippen molar-refractivity contribution in [2.24, 2.45) is 11.3 Å². The summed E-state index contributed by atoms with van der Waals surface area (Å²) in [5, 5.41) is 0. The summed E-state index contributed by atoms with van der Waals surface area (Å²) in [6.45, 7) is 6.98. The Morgan fingerprint density at radius 3 is 2.76 bits per heavy atom. The van der Waals surface area contributed by atoms with E-state index in [1.165, 1.54) is 6.42 Å². The van der Waals surface area contributed by atoms with Crippen LogP contribution in [-0.2, 0) is 4.74 Å². The second-order valence-corrected chi connectivity index (χ2v) is 7.00. The summed E-state index contributed by atoms with van der Waals surface area (Å²) in [7, 11) is 1.60. The van der Waals surface area contributed by atoms with Gasteiger partial charge >= 0.3 is 0 Å². The van der Waals surface area contributed by atoms with Crippen molar-refractivity contribution in [1.29, 1.82) is 0 Å². The van der Waals surface area contributed by atoms with E-state index >= 15 is 0 Å². The predicted molar refractivity (Wildman–Crippen MR) is 83.9 cm³/mol. The van der Waals surface area contributed by atoms with Crippen LogP contribution in [0.1, 0.15) is 50.4 Å². The molecule has 0 aliphatic heterocycles. The van der Waals surface area contributed by atoms with Gasteiger partial charge in [0.05, 0.1) is 13.2 Å². The Hall–Kier alpha value is -1.35. The van der Waals surface area contributed by atoms with Gasteiger partial charge in [-0.1, -0.05) is 32.9 Å². The van der Waals surface area contributed by atoms with Crippen molar-refractivity contribution in [2.45, 2.75) is 46.1 Å². The van der Waals surface area contributed by atoms with Crippen molar-refractivity contribution in [3.8, 4) is 5.75 Å². The van der Waals surface area contributed by atoms with Crippen LogP contribution in [0.3, 0.4) is 0 Å². The van der Waals surface area contributed by atoms with E-state index in [4.69, 9.17) is 9.47 Å². The van der Waals surface area contributed by atoms with Crippen LogP contribution in [0.25, 0.3) is 0 Å². The summed E-state index contributed by atoms with van der Waals surface area (Å²) in [6, 6.07) is 7.24. The van der Waals surface area contributed by atoms with Crippen molar-refractivity contribution in [3.05, 3.63) is 29.8 Å². The molecule has 0 aromatic heterocycles. The predicted octanol–water partition coefficient (Wildman–Crippen LogP) is 4.11. The summed E-state index contributed by atoms with van der Waals surface area (Å²) in [5.74, 6) is 1.38. The molecular weight excluding hydrogens is 264 g/mol. The first-order valence-corrected chi connectivity index (χ1v) is 7.68. The number of carbonyl (C=O) groups is 1. The Labute approximate surface area is 127 Å². The first-order valence-electron chi connectivity index (χ1n) is 7.68. The molecule has 0 heterocycles. The molecule has 0 radical (unpaired) electrons. The fourth-order valence-corrected chi connectivity index (χ4v) is 3.46. The lowest BCUT2D eigenvalue weighted by atomic mass is 9.71. The number of hydrogen-bond acceptors (Lipinski definition) is 3. The molecule has 0 saturated heterocycles. The van der Waals surface area contributed by atoms with Crippen LogP contribution < -0.4 is 4.74 Å². The SMILES string of the molecule is COc1cccc(C(=O)COC2CC(C)CC(C)(C)C2)c1. The number of methoxy groups -OCH3 is 1. The average molecular weight is 290 g/mol. The third-order valence-electron chi connectivity index (χ3n) is 4.19. The molecule has 1 aromatic carbocycles. The van der Waals surface area contributed by atoms with Crippen molar-refractivity contribution in [3.63, 3.8) is 0 Å². The zero-order valence-corrected chi connectivity index (χ0v) is 13.5. The molecule has 3 heteroatoms. The minimum absolute atomic E-state index is 0.0185. The standard InChI is InChI=1S/C18H26O3/c1-13-8-16(11-18(2,3)10-13)21-12-17(19)14-6-5-7-15(9-14)20-4/h5-7,9,13,16H,8,10-12H2,1-4H3. The van der Waals surface area contributed by atoms with Gasteiger partial charge in [0.1, 0.15) is 12.4 Å². The lowest BCUT2D eigenvalue weighted by Gasteiger charge is -2.38. The van der Waals surface area contributed by atoms with E-state index in [1.54, 1.807) is 13.2 Å². The van der Waals surface area contributed by atoms with Crippen molar-refractivity contribution in [1.82, 2.24) is 0 Å². The zero-order chi connectivity index (χ0) is 15.5. The Morgan fingerprint density at radius 2 is 2.10 bits per heavy atom. The lowest BCUT2D eigenvalue weighted by Crippen LogP contribution is -2.33. The molecule has 3 nitrogen and oxygen atoms in total. The molecule has 1 aromatic rings. The van der Waals surface area contributed by atoms with E-state index in [0.717, 1.165) is 12.8 Å². The molecular formula is C18H26O3. The number of Topliss-reactive ketones (excluding diaryl/α,β-unsaturated/α-hetero) is 1. The van der Waals surface area contributed by atoms with Gasteiger partial charge < -0.3 is 9.47 Å². The molecule has 21 heavy (non-hydrogen) atoms. The van der Waals surface area contributed by atoms with Crippen LogP contribution in [0, 0.1) is 11.3 Å². The lowest BCUT2D eigenvalue weighted by molar-refractivity contribution is -0.0167. The fourth-order valence-electron chi connectivity index (χ4n) is 3.46. The Balaban J connectivity index is 1.91. The molecule has 2 unspecified atom stereocenters. The number of hydrogen-bond donors (Lipinski definition) is 0. The topological polar surface area (TPSA) is 35.5 Å². The van der Waals surface area contributed by atoms with Crippen LogP contribution in [-0.4, -0.2) is 25.6 Å². The van der Waals surface area contributed by atoms with Gasteiger partial charge in [-0.05, 0) is 42.7 Å². The van der Waals surface area contributed by atoms with Crippen LogP contribution in [0.15, 0.2) is 24.3 Å². The van der Waals surface area contributed by atoms with E-state index < -0.39 is 0 Å². The molecule has 2 rings (SSSR count). The molecule has 2 atom stereocenters. The molecule has 1 aliphatic carbocycles. The first-order chi connectivity index (χ1) is 9.89. The van der Waals surface area contributed by atoms with Crippen LogP contribution in [0.5, 0.6) is 5.75 Å². The number of carbonyl (C=O) groups excluding carboxylic acids is 1. The molecule has 116 valence electrons. The van der Waals surface area contributed by atoms with E-state index in [2.05, 4.69) is 20.8 Å². The number of ketones is 1. The maximum atomic E-state index is 12.2. The zero-order valence-electron chi connectivity index (χ0n) is 13.5. The van der Waals surface area contributed by atoms with E-state index in [-0.39, 0.29) is 18.5 Å². The van der Waals surface area contributed by atoms with Gasteiger partial charge in [0.15, 0.2) is 5.78 Å². The highest BCUT2D eigenvalue weighted by Gasteiger charge is 2.32. The van der Waals surface area contributed by atoms with Gasteiger partial charge in [-0.25, -0.2) is 0 Å². The minimum atomic E-state index is 0.0185. The van der Waals surface area contributed by atoms with E-state index in [9.17, 15) is 4.79 Å². The molecule has 1 fully saturated rings. The Kier molecular flexibility index (Phi) is 5.04. The van der Waals surface area contributed by atoms with Crippen molar-refractivity contribution < 1.29 is 14.3 Å².